The average molecular weight is 530 g/mol. The van der Waals surface area contributed by atoms with Gasteiger partial charge in [-0.25, -0.2) is 0 Å². The Balaban J connectivity index is 2.06. The summed E-state index contributed by atoms with van der Waals surface area (Å²) < 4.78 is 7.07. The number of rotatable bonds is 12. The van der Waals surface area contributed by atoms with Crippen LogP contribution in [0.4, 0.5) is 0 Å². The van der Waals surface area contributed by atoms with Crippen molar-refractivity contribution in [2.75, 3.05) is 40.3 Å². The lowest BCUT2D eigenvalue weighted by atomic mass is 10.0. The predicted octanol–water partition coefficient (Wildman–Crippen LogP) is 2.21. The molecule has 30 heavy (non-hydrogen) atoms. The smallest absolute Gasteiger partial charge is 0.223 e. The summed E-state index contributed by atoms with van der Waals surface area (Å²) in [5.74, 6) is 0.521. The molecule has 1 unspecified atom stereocenters. The lowest BCUT2D eigenvalue weighted by molar-refractivity contribution is -0.135. The molecule has 1 heterocycles. The second-order valence-electron chi connectivity index (χ2n) is 8.42. The van der Waals surface area contributed by atoms with Gasteiger partial charge in [-0.3, -0.25) is 9.59 Å². The SMILES string of the molecule is C[C@@H](CC(N)=O)CC(=O)N(Cc1ccc(I)c(OCCCN(C)C)c1)C1CCNC1. The minimum atomic E-state index is -0.363. The van der Waals surface area contributed by atoms with Gasteiger partial charge in [-0.1, -0.05) is 13.0 Å². The Hall–Kier alpha value is -1.39. The third kappa shape index (κ3) is 8.39. The van der Waals surface area contributed by atoms with E-state index in [1.165, 1.54) is 0 Å². The molecule has 0 aliphatic carbocycles. The van der Waals surface area contributed by atoms with Crippen molar-refractivity contribution in [3.8, 4) is 5.75 Å². The first-order valence-electron chi connectivity index (χ1n) is 10.6. The van der Waals surface area contributed by atoms with E-state index in [1.807, 2.05) is 24.0 Å². The van der Waals surface area contributed by atoms with Gasteiger partial charge in [0.15, 0.2) is 0 Å². The maximum atomic E-state index is 13.1. The molecule has 0 radical (unpaired) electrons. The largest absolute Gasteiger partial charge is 0.492 e. The van der Waals surface area contributed by atoms with E-state index in [0.717, 1.165) is 47.4 Å². The van der Waals surface area contributed by atoms with Gasteiger partial charge in [0.2, 0.25) is 11.8 Å². The number of nitrogens with two attached hydrogens (primary N) is 1. The number of hydrogen-bond donors (Lipinski definition) is 2. The minimum Gasteiger partial charge on any atom is -0.492 e. The number of ether oxygens (including phenoxy) is 1. The van der Waals surface area contributed by atoms with Crippen LogP contribution in [-0.2, 0) is 16.1 Å². The zero-order valence-corrected chi connectivity index (χ0v) is 20.5. The van der Waals surface area contributed by atoms with E-state index in [4.69, 9.17) is 10.5 Å². The van der Waals surface area contributed by atoms with E-state index in [1.54, 1.807) is 0 Å². The summed E-state index contributed by atoms with van der Waals surface area (Å²) in [4.78, 5) is 28.4. The standard InChI is InChI=1S/C22H35IN4O3/c1-16(11-21(24)28)12-22(29)27(18-7-8-25-14-18)15-17-5-6-19(23)20(13-17)30-10-4-9-26(2)3/h5-6,13,16,18,25H,4,7-12,14-15H2,1-3H3,(H2,24,28)/t16-,18?/m0/s1. The molecule has 0 spiro atoms. The van der Waals surface area contributed by atoms with Crippen LogP contribution < -0.4 is 15.8 Å². The molecule has 8 heteroatoms. The molecule has 0 aromatic heterocycles. The van der Waals surface area contributed by atoms with Gasteiger partial charge in [0.1, 0.15) is 5.75 Å². The van der Waals surface area contributed by atoms with Crippen LogP contribution in [0, 0.1) is 9.49 Å². The van der Waals surface area contributed by atoms with Crippen LogP contribution in [0.5, 0.6) is 5.75 Å². The molecule has 2 atom stereocenters. The minimum absolute atomic E-state index is 0.0563. The molecule has 1 aliphatic rings. The monoisotopic (exact) mass is 530 g/mol. The van der Waals surface area contributed by atoms with Crippen molar-refractivity contribution < 1.29 is 14.3 Å². The highest BCUT2D eigenvalue weighted by Crippen LogP contribution is 2.25. The molecule has 1 fully saturated rings. The fraction of sp³-hybridized carbons (Fsp3) is 0.636. The van der Waals surface area contributed by atoms with Crippen molar-refractivity contribution in [3.63, 3.8) is 0 Å². The molecule has 3 N–H and O–H groups in total. The van der Waals surface area contributed by atoms with Crippen LogP contribution in [0.15, 0.2) is 18.2 Å². The number of nitrogens with one attached hydrogen (secondary N) is 1. The Morgan fingerprint density at radius 2 is 2.10 bits per heavy atom. The molecule has 1 saturated heterocycles. The van der Waals surface area contributed by atoms with Crippen LogP contribution in [-0.4, -0.2) is 68.0 Å². The summed E-state index contributed by atoms with van der Waals surface area (Å²) in [5.41, 5.74) is 6.35. The topological polar surface area (TPSA) is 87.9 Å². The van der Waals surface area contributed by atoms with Crippen molar-refractivity contribution in [2.45, 2.75) is 45.2 Å². The lowest BCUT2D eigenvalue weighted by Crippen LogP contribution is -2.41. The Morgan fingerprint density at radius 1 is 1.33 bits per heavy atom. The number of nitrogens with zero attached hydrogens (tertiary/aromatic N) is 2. The Kier molecular flexibility index (Phi) is 10.3. The zero-order chi connectivity index (χ0) is 22.1. The highest BCUT2D eigenvalue weighted by Gasteiger charge is 2.28. The van der Waals surface area contributed by atoms with Gasteiger partial charge in [0, 0.05) is 38.5 Å². The van der Waals surface area contributed by atoms with Crippen LogP contribution in [0.2, 0.25) is 0 Å². The number of carbonyl (C=O) groups is 2. The fourth-order valence-corrected chi connectivity index (χ4v) is 4.16. The zero-order valence-electron chi connectivity index (χ0n) is 18.3. The van der Waals surface area contributed by atoms with Crippen molar-refractivity contribution in [3.05, 3.63) is 27.3 Å². The molecular formula is C22H35IN4O3. The third-order valence-corrected chi connectivity index (χ3v) is 6.12. The first-order chi connectivity index (χ1) is 14.3. The second kappa shape index (κ2) is 12.5. The van der Waals surface area contributed by atoms with Crippen molar-refractivity contribution in [1.29, 1.82) is 0 Å². The third-order valence-electron chi connectivity index (χ3n) is 5.22. The lowest BCUT2D eigenvalue weighted by Gasteiger charge is -2.30. The Bertz CT molecular complexity index is 708. The molecule has 1 aromatic carbocycles. The molecule has 1 aromatic rings. The summed E-state index contributed by atoms with van der Waals surface area (Å²) >= 11 is 2.28. The van der Waals surface area contributed by atoms with Gasteiger partial charge in [-0.05, 0) is 79.7 Å². The number of benzene rings is 1. The molecular weight excluding hydrogens is 495 g/mol. The van der Waals surface area contributed by atoms with Crippen LogP contribution in [0.1, 0.15) is 38.2 Å². The molecule has 0 bridgehead atoms. The molecule has 1 aliphatic heterocycles. The quantitative estimate of drug-likeness (QED) is 0.320. The summed E-state index contributed by atoms with van der Waals surface area (Å²) in [7, 11) is 4.11. The van der Waals surface area contributed by atoms with Crippen LogP contribution in [0.3, 0.4) is 0 Å². The van der Waals surface area contributed by atoms with E-state index in [2.05, 4.69) is 53.0 Å². The first-order valence-corrected chi connectivity index (χ1v) is 11.7. The van der Waals surface area contributed by atoms with E-state index >= 15 is 0 Å². The van der Waals surface area contributed by atoms with Crippen molar-refractivity contribution in [1.82, 2.24) is 15.1 Å². The van der Waals surface area contributed by atoms with Gasteiger partial charge in [0.05, 0.1) is 10.2 Å². The fourth-order valence-electron chi connectivity index (χ4n) is 3.67. The number of primary amides is 1. The maximum Gasteiger partial charge on any atom is 0.223 e. The van der Waals surface area contributed by atoms with E-state index in [-0.39, 0.29) is 30.2 Å². The summed E-state index contributed by atoms with van der Waals surface area (Å²) in [6, 6.07) is 6.32. The maximum absolute atomic E-state index is 13.1. The van der Waals surface area contributed by atoms with E-state index < -0.39 is 0 Å². The summed E-state index contributed by atoms with van der Waals surface area (Å²) in [6.07, 6.45) is 2.46. The van der Waals surface area contributed by atoms with Gasteiger partial charge in [-0.15, -0.1) is 0 Å². The highest BCUT2D eigenvalue weighted by atomic mass is 127. The van der Waals surface area contributed by atoms with E-state index in [9.17, 15) is 9.59 Å². The first kappa shape index (κ1) is 24.9. The number of halogens is 1. The number of carbonyl (C=O) groups excluding carboxylic acids is 2. The van der Waals surface area contributed by atoms with Gasteiger partial charge >= 0.3 is 0 Å². The van der Waals surface area contributed by atoms with E-state index in [0.29, 0.717) is 19.6 Å². The Morgan fingerprint density at radius 3 is 2.73 bits per heavy atom. The predicted molar refractivity (Wildman–Crippen MR) is 127 cm³/mol. The van der Waals surface area contributed by atoms with Crippen LogP contribution >= 0.6 is 22.6 Å². The molecule has 2 rings (SSSR count). The van der Waals surface area contributed by atoms with Crippen molar-refractivity contribution >= 4 is 34.4 Å². The summed E-state index contributed by atoms with van der Waals surface area (Å²) in [5, 5.41) is 3.35. The normalized spacial score (nSPS) is 17.2. The van der Waals surface area contributed by atoms with Gasteiger partial charge in [-0.2, -0.15) is 0 Å². The summed E-state index contributed by atoms with van der Waals surface area (Å²) in [6.45, 7) is 5.80. The molecule has 7 nitrogen and oxygen atoms in total. The second-order valence-corrected chi connectivity index (χ2v) is 9.58. The molecule has 168 valence electrons. The molecule has 2 amide bonds. The van der Waals surface area contributed by atoms with Crippen LogP contribution in [0.25, 0.3) is 0 Å². The number of hydrogen-bond acceptors (Lipinski definition) is 5. The van der Waals surface area contributed by atoms with Gasteiger partial charge in [0.25, 0.3) is 0 Å². The Labute approximate surface area is 193 Å². The highest BCUT2D eigenvalue weighted by molar-refractivity contribution is 14.1. The average Bonchev–Trinajstić information content (AvgIpc) is 3.18. The number of amides is 2. The van der Waals surface area contributed by atoms with Crippen molar-refractivity contribution in [2.24, 2.45) is 11.7 Å². The molecule has 0 saturated carbocycles. The van der Waals surface area contributed by atoms with Gasteiger partial charge < -0.3 is 25.6 Å².